The third kappa shape index (κ3) is 5.24. The van der Waals surface area contributed by atoms with Gasteiger partial charge in [0.25, 0.3) is 0 Å². The molecule has 9 heteroatoms. The Balaban J connectivity index is 1.79. The van der Waals surface area contributed by atoms with Crippen LogP contribution < -0.4 is 10.0 Å². The standard InChI is InChI=1S/C20H28N4O4S/c1-15-13-17(22-16(2)25)6-7-20(15)29(26,27)21-14-19(18-5-4-8-23(18)3)24-9-11-28-12-10-24/h4-8,13,19,21H,9-12,14H2,1-3H3,(H,22,25). The minimum Gasteiger partial charge on any atom is -0.379 e. The predicted octanol–water partition coefficient (Wildman–Crippen LogP) is 1.64. The van der Waals surface area contributed by atoms with Crippen LogP contribution in [-0.4, -0.2) is 56.6 Å². The minimum absolute atomic E-state index is 0.0902. The van der Waals surface area contributed by atoms with Gasteiger partial charge in [0.05, 0.1) is 24.2 Å². The number of carbonyl (C=O) groups excluding carboxylic acids is 1. The summed E-state index contributed by atoms with van der Waals surface area (Å²) in [5, 5.41) is 2.67. The molecule has 1 unspecified atom stereocenters. The van der Waals surface area contributed by atoms with E-state index in [2.05, 4.69) is 14.9 Å². The summed E-state index contributed by atoms with van der Waals surface area (Å²) in [5.41, 5.74) is 2.20. The van der Waals surface area contributed by atoms with Gasteiger partial charge in [0.15, 0.2) is 0 Å². The number of aryl methyl sites for hydroxylation is 2. The molecule has 1 amide bonds. The van der Waals surface area contributed by atoms with Gasteiger partial charge in [-0.2, -0.15) is 0 Å². The number of hydrogen-bond donors (Lipinski definition) is 2. The van der Waals surface area contributed by atoms with Crippen molar-refractivity contribution in [3.8, 4) is 0 Å². The van der Waals surface area contributed by atoms with Gasteiger partial charge in [-0.1, -0.05) is 0 Å². The lowest BCUT2D eigenvalue weighted by Gasteiger charge is -2.35. The zero-order valence-corrected chi connectivity index (χ0v) is 17.8. The summed E-state index contributed by atoms with van der Waals surface area (Å²) < 4.78 is 36.2. The van der Waals surface area contributed by atoms with E-state index >= 15 is 0 Å². The molecular formula is C20H28N4O4S. The third-order valence-electron chi connectivity index (χ3n) is 5.06. The van der Waals surface area contributed by atoms with Crippen LogP contribution in [0.2, 0.25) is 0 Å². The van der Waals surface area contributed by atoms with E-state index in [9.17, 15) is 13.2 Å². The predicted molar refractivity (Wildman–Crippen MR) is 111 cm³/mol. The van der Waals surface area contributed by atoms with E-state index in [1.165, 1.54) is 13.0 Å². The van der Waals surface area contributed by atoms with Crippen LogP contribution in [0.15, 0.2) is 41.4 Å². The highest BCUT2D eigenvalue weighted by atomic mass is 32.2. The van der Waals surface area contributed by atoms with Crippen molar-refractivity contribution in [2.24, 2.45) is 7.05 Å². The second kappa shape index (κ2) is 9.08. The third-order valence-corrected chi connectivity index (χ3v) is 6.65. The highest BCUT2D eigenvalue weighted by Gasteiger charge is 2.27. The normalized spacial score (nSPS) is 16.5. The molecular weight excluding hydrogens is 392 g/mol. The smallest absolute Gasteiger partial charge is 0.240 e. The lowest BCUT2D eigenvalue weighted by atomic mass is 10.1. The number of aromatic nitrogens is 1. The molecule has 0 saturated carbocycles. The van der Waals surface area contributed by atoms with E-state index in [0.29, 0.717) is 24.5 Å². The summed E-state index contributed by atoms with van der Waals surface area (Å²) in [4.78, 5) is 13.7. The molecule has 1 atom stereocenters. The van der Waals surface area contributed by atoms with Gasteiger partial charge in [0.1, 0.15) is 0 Å². The van der Waals surface area contributed by atoms with Crippen molar-refractivity contribution in [1.29, 1.82) is 0 Å². The van der Waals surface area contributed by atoms with Gasteiger partial charge in [-0.15, -0.1) is 0 Å². The lowest BCUT2D eigenvalue weighted by Crippen LogP contribution is -2.44. The van der Waals surface area contributed by atoms with Gasteiger partial charge < -0.3 is 14.6 Å². The first-order valence-corrected chi connectivity index (χ1v) is 11.1. The summed E-state index contributed by atoms with van der Waals surface area (Å²) >= 11 is 0. The van der Waals surface area contributed by atoms with Crippen LogP contribution in [0.5, 0.6) is 0 Å². The number of morpholine rings is 1. The van der Waals surface area contributed by atoms with E-state index in [4.69, 9.17) is 4.74 Å². The molecule has 2 aromatic rings. The zero-order valence-electron chi connectivity index (χ0n) is 17.0. The van der Waals surface area contributed by atoms with Gasteiger partial charge in [-0.05, 0) is 42.8 Å². The Labute approximate surface area is 171 Å². The van der Waals surface area contributed by atoms with Gasteiger partial charge in [-0.25, -0.2) is 13.1 Å². The molecule has 1 aromatic carbocycles. The van der Waals surface area contributed by atoms with Crippen molar-refractivity contribution in [3.63, 3.8) is 0 Å². The summed E-state index contributed by atoms with van der Waals surface area (Å²) in [7, 11) is -1.74. The fraction of sp³-hybridized carbons (Fsp3) is 0.450. The fourth-order valence-corrected chi connectivity index (χ4v) is 4.89. The molecule has 1 aliphatic rings. The molecule has 0 bridgehead atoms. The largest absolute Gasteiger partial charge is 0.379 e. The van der Waals surface area contributed by atoms with Crippen LogP contribution in [0.1, 0.15) is 24.2 Å². The van der Waals surface area contributed by atoms with Crippen molar-refractivity contribution in [2.75, 3.05) is 38.2 Å². The summed E-state index contributed by atoms with van der Waals surface area (Å²) in [6.07, 6.45) is 1.96. The molecule has 2 heterocycles. The van der Waals surface area contributed by atoms with Crippen molar-refractivity contribution >= 4 is 21.6 Å². The maximum absolute atomic E-state index is 13.0. The molecule has 8 nitrogen and oxygen atoms in total. The molecule has 0 spiro atoms. The number of rotatable bonds is 7. The number of sulfonamides is 1. The van der Waals surface area contributed by atoms with Gasteiger partial charge >= 0.3 is 0 Å². The highest BCUT2D eigenvalue weighted by Crippen LogP contribution is 2.24. The van der Waals surface area contributed by atoms with Crippen LogP contribution in [0.25, 0.3) is 0 Å². The summed E-state index contributed by atoms with van der Waals surface area (Å²) in [6.45, 7) is 6.17. The number of hydrogen-bond acceptors (Lipinski definition) is 5. The van der Waals surface area contributed by atoms with Crippen LogP contribution in [0.3, 0.4) is 0 Å². The Bertz CT molecular complexity index is 965. The van der Waals surface area contributed by atoms with Crippen LogP contribution in [-0.2, 0) is 26.6 Å². The minimum atomic E-state index is -3.70. The van der Waals surface area contributed by atoms with Gasteiger partial charge in [0.2, 0.25) is 15.9 Å². The highest BCUT2D eigenvalue weighted by molar-refractivity contribution is 7.89. The molecule has 1 aromatic heterocycles. The van der Waals surface area contributed by atoms with Crippen molar-refractivity contribution < 1.29 is 17.9 Å². The van der Waals surface area contributed by atoms with Crippen molar-refractivity contribution in [2.45, 2.75) is 24.8 Å². The number of ether oxygens (including phenoxy) is 1. The number of carbonyl (C=O) groups is 1. The van der Waals surface area contributed by atoms with E-state index in [1.54, 1.807) is 19.1 Å². The maximum Gasteiger partial charge on any atom is 0.240 e. The molecule has 3 rings (SSSR count). The Hall–Kier alpha value is -2.20. The molecule has 1 fully saturated rings. The monoisotopic (exact) mass is 420 g/mol. The number of amides is 1. The Morgan fingerprint density at radius 3 is 2.55 bits per heavy atom. The SMILES string of the molecule is CC(=O)Nc1ccc(S(=O)(=O)NCC(c2cccn2C)N2CCOCC2)c(C)c1. The number of benzene rings is 1. The molecule has 0 aliphatic carbocycles. The summed E-state index contributed by atoms with van der Waals surface area (Å²) in [5.74, 6) is -0.200. The molecule has 2 N–H and O–H groups in total. The first-order valence-electron chi connectivity index (χ1n) is 9.59. The van der Waals surface area contributed by atoms with E-state index in [-0.39, 0.29) is 23.4 Å². The molecule has 158 valence electrons. The summed E-state index contributed by atoms with van der Waals surface area (Å²) in [6, 6.07) is 8.67. The topological polar surface area (TPSA) is 92.7 Å². The van der Waals surface area contributed by atoms with Crippen LogP contribution in [0.4, 0.5) is 5.69 Å². The van der Waals surface area contributed by atoms with E-state index < -0.39 is 10.0 Å². The second-order valence-corrected chi connectivity index (χ2v) is 8.96. The number of nitrogens with one attached hydrogen (secondary N) is 2. The van der Waals surface area contributed by atoms with E-state index in [1.807, 2.05) is 29.9 Å². The number of nitrogens with zero attached hydrogens (tertiary/aromatic N) is 2. The fourth-order valence-electron chi connectivity index (χ4n) is 3.63. The van der Waals surface area contributed by atoms with Crippen LogP contribution in [0, 0.1) is 6.92 Å². The lowest BCUT2D eigenvalue weighted by molar-refractivity contribution is -0.114. The average Bonchev–Trinajstić information content (AvgIpc) is 3.08. The van der Waals surface area contributed by atoms with Crippen molar-refractivity contribution in [1.82, 2.24) is 14.2 Å². The Morgan fingerprint density at radius 1 is 1.24 bits per heavy atom. The Kier molecular flexibility index (Phi) is 6.74. The number of anilines is 1. The molecule has 29 heavy (non-hydrogen) atoms. The first-order chi connectivity index (χ1) is 13.8. The van der Waals surface area contributed by atoms with E-state index in [0.717, 1.165) is 18.8 Å². The van der Waals surface area contributed by atoms with Gasteiger partial charge in [-0.3, -0.25) is 9.69 Å². The van der Waals surface area contributed by atoms with Crippen LogP contribution >= 0.6 is 0 Å². The Morgan fingerprint density at radius 2 is 1.97 bits per heavy atom. The van der Waals surface area contributed by atoms with Gasteiger partial charge in [0, 0.05) is 51.2 Å². The maximum atomic E-state index is 13.0. The quantitative estimate of drug-likeness (QED) is 0.711. The average molecular weight is 421 g/mol. The molecule has 0 radical (unpaired) electrons. The second-order valence-electron chi connectivity index (χ2n) is 7.22. The zero-order chi connectivity index (χ0) is 21.0. The molecule has 1 saturated heterocycles. The van der Waals surface area contributed by atoms with Crippen molar-refractivity contribution in [3.05, 3.63) is 47.8 Å². The molecule has 1 aliphatic heterocycles. The first kappa shape index (κ1) is 21.5.